The summed E-state index contributed by atoms with van der Waals surface area (Å²) in [4.78, 5) is 14.0. The van der Waals surface area contributed by atoms with Crippen LogP contribution in [0.1, 0.15) is 17.3 Å². The number of rotatable bonds is 9. The number of hydrogen-bond donors (Lipinski definition) is 1. The molecule has 1 aromatic rings. The molecule has 1 rings (SSSR count). The van der Waals surface area contributed by atoms with Crippen LogP contribution in [0.2, 0.25) is 0 Å². The summed E-state index contributed by atoms with van der Waals surface area (Å²) in [5.74, 6) is 0.570. The highest BCUT2D eigenvalue weighted by Gasteiger charge is 2.15. The van der Waals surface area contributed by atoms with E-state index in [0.29, 0.717) is 37.7 Å². The second-order valence-corrected chi connectivity index (χ2v) is 4.37. The van der Waals surface area contributed by atoms with Crippen molar-refractivity contribution < 1.29 is 14.3 Å². The molecule has 1 amide bonds. The van der Waals surface area contributed by atoms with Crippen LogP contribution >= 0.6 is 0 Å². The van der Waals surface area contributed by atoms with Gasteiger partial charge in [0.1, 0.15) is 12.4 Å². The van der Waals surface area contributed by atoms with Gasteiger partial charge in [-0.15, -0.1) is 0 Å². The molecule has 0 atom stereocenters. The Hall–Kier alpha value is -1.59. The van der Waals surface area contributed by atoms with Gasteiger partial charge in [0.2, 0.25) is 0 Å². The van der Waals surface area contributed by atoms with E-state index in [4.69, 9.17) is 9.47 Å². The van der Waals surface area contributed by atoms with Gasteiger partial charge in [0, 0.05) is 26.7 Å². The zero-order valence-corrected chi connectivity index (χ0v) is 12.5. The van der Waals surface area contributed by atoms with E-state index in [1.54, 1.807) is 18.0 Å². The van der Waals surface area contributed by atoms with Gasteiger partial charge in [-0.25, -0.2) is 0 Å². The van der Waals surface area contributed by atoms with Gasteiger partial charge in [0.05, 0.1) is 12.2 Å². The molecular formula is C15H24N2O3. The van der Waals surface area contributed by atoms with Gasteiger partial charge < -0.3 is 19.7 Å². The highest BCUT2D eigenvalue weighted by Crippen LogP contribution is 2.19. The molecule has 0 fully saturated rings. The van der Waals surface area contributed by atoms with E-state index < -0.39 is 0 Å². The van der Waals surface area contributed by atoms with Gasteiger partial charge in [-0.05, 0) is 26.1 Å². The largest absolute Gasteiger partial charge is 0.490 e. The summed E-state index contributed by atoms with van der Waals surface area (Å²) in [6, 6.07) is 7.30. The summed E-state index contributed by atoms with van der Waals surface area (Å²) in [7, 11) is 3.65. The molecular weight excluding hydrogens is 256 g/mol. The fourth-order valence-electron chi connectivity index (χ4n) is 1.71. The van der Waals surface area contributed by atoms with Crippen molar-refractivity contribution in [1.82, 2.24) is 10.2 Å². The molecule has 0 bridgehead atoms. The topological polar surface area (TPSA) is 50.8 Å². The fourth-order valence-corrected chi connectivity index (χ4v) is 1.71. The summed E-state index contributed by atoms with van der Waals surface area (Å²) in [6.45, 7) is 4.98. The normalized spacial score (nSPS) is 10.3. The third-order valence-electron chi connectivity index (χ3n) is 2.85. The van der Waals surface area contributed by atoms with E-state index in [2.05, 4.69) is 5.32 Å². The van der Waals surface area contributed by atoms with Gasteiger partial charge in [-0.1, -0.05) is 12.1 Å². The maximum Gasteiger partial charge on any atom is 0.257 e. The summed E-state index contributed by atoms with van der Waals surface area (Å²) >= 11 is 0. The Balaban J connectivity index is 2.66. The SMILES string of the molecule is CCOCCOc1ccccc1C(=O)N(C)CCNC. The Labute approximate surface area is 120 Å². The van der Waals surface area contributed by atoms with Crippen LogP contribution in [0.5, 0.6) is 5.75 Å². The Kier molecular flexibility index (Phi) is 7.69. The number of likely N-dealkylation sites (N-methyl/N-ethyl adjacent to an activating group) is 2. The first-order valence-corrected chi connectivity index (χ1v) is 6.90. The third-order valence-corrected chi connectivity index (χ3v) is 2.85. The van der Waals surface area contributed by atoms with Crippen LogP contribution in [-0.4, -0.2) is 57.8 Å². The molecule has 0 aromatic heterocycles. The van der Waals surface area contributed by atoms with Crippen molar-refractivity contribution in [3.63, 3.8) is 0 Å². The minimum atomic E-state index is -0.0349. The summed E-state index contributed by atoms with van der Waals surface area (Å²) in [6.07, 6.45) is 0. The van der Waals surface area contributed by atoms with Crippen molar-refractivity contribution in [1.29, 1.82) is 0 Å². The molecule has 0 unspecified atom stereocenters. The van der Waals surface area contributed by atoms with Crippen LogP contribution in [0.4, 0.5) is 0 Å². The highest BCUT2D eigenvalue weighted by molar-refractivity contribution is 5.96. The van der Waals surface area contributed by atoms with Crippen LogP contribution in [0.15, 0.2) is 24.3 Å². The van der Waals surface area contributed by atoms with Crippen molar-refractivity contribution in [2.75, 3.05) is 47.0 Å². The molecule has 0 radical (unpaired) electrons. The van der Waals surface area contributed by atoms with Gasteiger partial charge >= 0.3 is 0 Å². The second-order valence-electron chi connectivity index (χ2n) is 4.37. The lowest BCUT2D eigenvalue weighted by molar-refractivity contribution is 0.0785. The Morgan fingerprint density at radius 2 is 2.05 bits per heavy atom. The molecule has 112 valence electrons. The number of hydrogen-bond acceptors (Lipinski definition) is 4. The maximum absolute atomic E-state index is 12.3. The number of nitrogens with one attached hydrogen (secondary N) is 1. The number of carbonyl (C=O) groups excluding carboxylic acids is 1. The number of ether oxygens (including phenoxy) is 2. The number of para-hydroxylation sites is 1. The van der Waals surface area contributed by atoms with Gasteiger partial charge in [-0.3, -0.25) is 4.79 Å². The molecule has 0 aliphatic carbocycles. The molecule has 1 aromatic carbocycles. The van der Waals surface area contributed by atoms with Crippen LogP contribution in [0, 0.1) is 0 Å². The first-order chi connectivity index (χ1) is 9.70. The van der Waals surface area contributed by atoms with Crippen molar-refractivity contribution in [2.45, 2.75) is 6.92 Å². The zero-order chi connectivity index (χ0) is 14.8. The fraction of sp³-hybridized carbons (Fsp3) is 0.533. The van der Waals surface area contributed by atoms with E-state index in [-0.39, 0.29) is 5.91 Å². The number of carbonyl (C=O) groups is 1. The van der Waals surface area contributed by atoms with Crippen molar-refractivity contribution in [3.05, 3.63) is 29.8 Å². The highest BCUT2D eigenvalue weighted by atomic mass is 16.5. The average molecular weight is 280 g/mol. The Bertz CT molecular complexity index is 410. The third kappa shape index (κ3) is 5.19. The van der Waals surface area contributed by atoms with Crippen LogP contribution in [-0.2, 0) is 4.74 Å². The number of amides is 1. The van der Waals surface area contributed by atoms with E-state index >= 15 is 0 Å². The quantitative estimate of drug-likeness (QED) is 0.695. The van der Waals surface area contributed by atoms with Crippen LogP contribution in [0.25, 0.3) is 0 Å². The van der Waals surface area contributed by atoms with Gasteiger partial charge in [0.25, 0.3) is 5.91 Å². The molecule has 5 heteroatoms. The summed E-state index contributed by atoms with van der Waals surface area (Å²) in [5.41, 5.74) is 0.586. The molecule has 0 saturated carbocycles. The van der Waals surface area contributed by atoms with Crippen molar-refractivity contribution in [2.24, 2.45) is 0 Å². The zero-order valence-electron chi connectivity index (χ0n) is 12.5. The standard InChI is InChI=1S/C15H24N2O3/c1-4-19-11-12-20-14-8-6-5-7-13(14)15(18)17(3)10-9-16-2/h5-8,16H,4,9-12H2,1-3H3. The minimum Gasteiger partial charge on any atom is -0.490 e. The molecule has 0 heterocycles. The number of nitrogens with zero attached hydrogens (tertiary/aromatic N) is 1. The lowest BCUT2D eigenvalue weighted by atomic mass is 10.2. The predicted molar refractivity (Wildman–Crippen MR) is 79.3 cm³/mol. The molecule has 0 saturated heterocycles. The average Bonchev–Trinajstić information content (AvgIpc) is 2.49. The summed E-state index contributed by atoms with van der Waals surface area (Å²) < 4.78 is 10.9. The van der Waals surface area contributed by atoms with E-state index in [1.165, 1.54) is 0 Å². The minimum absolute atomic E-state index is 0.0349. The molecule has 0 aliphatic rings. The van der Waals surface area contributed by atoms with Crippen molar-refractivity contribution >= 4 is 5.91 Å². The predicted octanol–water partition coefficient (Wildman–Crippen LogP) is 1.39. The molecule has 0 aliphatic heterocycles. The number of benzene rings is 1. The van der Waals surface area contributed by atoms with Crippen LogP contribution in [0.3, 0.4) is 0 Å². The maximum atomic E-state index is 12.3. The van der Waals surface area contributed by atoms with Gasteiger partial charge in [0.15, 0.2) is 0 Å². The molecule has 1 N–H and O–H groups in total. The monoisotopic (exact) mass is 280 g/mol. The molecule has 0 spiro atoms. The Morgan fingerprint density at radius 1 is 1.30 bits per heavy atom. The first kappa shape index (κ1) is 16.5. The Morgan fingerprint density at radius 3 is 2.75 bits per heavy atom. The van der Waals surface area contributed by atoms with E-state index in [0.717, 1.165) is 6.54 Å². The smallest absolute Gasteiger partial charge is 0.257 e. The summed E-state index contributed by atoms with van der Waals surface area (Å²) in [5, 5.41) is 3.03. The van der Waals surface area contributed by atoms with Crippen molar-refractivity contribution in [3.8, 4) is 5.75 Å². The van der Waals surface area contributed by atoms with E-state index in [1.807, 2.05) is 32.2 Å². The van der Waals surface area contributed by atoms with Crippen LogP contribution < -0.4 is 10.1 Å². The molecule has 5 nitrogen and oxygen atoms in total. The lowest BCUT2D eigenvalue weighted by Crippen LogP contribution is -2.33. The molecule has 20 heavy (non-hydrogen) atoms. The first-order valence-electron chi connectivity index (χ1n) is 6.90. The lowest BCUT2D eigenvalue weighted by Gasteiger charge is -2.19. The van der Waals surface area contributed by atoms with E-state index in [9.17, 15) is 4.79 Å². The van der Waals surface area contributed by atoms with Gasteiger partial charge in [-0.2, -0.15) is 0 Å². The second kappa shape index (κ2) is 9.34.